The van der Waals surface area contributed by atoms with Crippen molar-refractivity contribution >= 4 is 17.3 Å². The van der Waals surface area contributed by atoms with E-state index in [0.717, 1.165) is 44.8 Å². The first-order valence-corrected chi connectivity index (χ1v) is 11.8. The third-order valence-electron chi connectivity index (χ3n) is 6.57. The van der Waals surface area contributed by atoms with Gasteiger partial charge in [0.1, 0.15) is 12.3 Å². The third kappa shape index (κ3) is 6.40. The molecule has 1 aliphatic heterocycles. The third-order valence-corrected chi connectivity index (χ3v) is 6.57. The van der Waals surface area contributed by atoms with Crippen molar-refractivity contribution in [2.45, 2.75) is 50.9 Å². The van der Waals surface area contributed by atoms with Crippen LogP contribution in [0, 0.1) is 6.92 Å². The highest BCUT2D eigenvalue weighted by molar-refractivity contribution is 5.77. The van der Waals surface area contributed by atoms with Crippen molar-refractivity contribution in [3.63, 3.8) is 0 Å². The highest BCUT2D eigenvalue weighted by atomic mass is 19.4. The Bertz CT molecular complexity index is 951. The molecular formula is C25H31F3N4O2. The molecule has 1 aliphatic carbocycles. The van der Waals surface area contributed by atoms with E-state index in [1.807, 2.05) is 4.90 Å². The summed E-state index contributed by atoms with van der Waals surface area (Å²) in [7, 11) is 0. The Hall–Kier alpha value is -2.81. The summed E-state index contributed by atoms with van der Waals surface area (Å²) in [4.78, 5) is 20.2. The highest BCUT2D eigenvalue weighted by Crippen LogP contribution is 2.30. The molecule has 34 heavy (non-hydrogen) atoms. The highest BCUT2D eigenvalue weighted by Gasteiger charge is 2.33. The van der Waals surface area contributed by atoms with Gasteiger partial charge in [-0.1, -0.05) is 17.7 Å². The largest absolute Gasteiger partial charge is 0.433 e. The summed E-state index contributed by atoms with van der Waals surface area (Å²) in [6.07, 6.45) is -0.198. The standard InChI is InChI=1S/C25H31F3N4O2/c1-18-2-6-21(7-3-18)31-12-14-32(15-13-31)24(33)17-34-22-8-4-19(5-9-22)30-20-10-11-29-23(16-20)25(26,27)28/h2-3,6-7,10-11,16,19,22H,4-5,8-9,12-15,17H2,1H3,(H,29,30). The van der Waals surface area contributed by atoms with Crippen LogP contribution < -0.4 is 10.2 Å². The first-order chi connectivity index (χ1) is 16.3. The van der Waals surface area contributed by atoms with E-state index in [9.17, 15) is 18.0 Å². The van der Waals surface area contributed by atoms with Gasteiger partial charge in [0.15, 0.2) is 0 Å². The smallest absolute Gasteiger partial charge is 0.382 e. The number of anilines is 2. The van der Waals surface area contributed by atoms with Gasteiger partial charge in [-0.15, -0.1) is 0 Å². The Morgan fingerprint density at radius 2 is 1.74 bits per heavy atom. The SMILES string of the molecule is Cc1ccc(N2CCN(C(=O)COC3CCC(Nc4ccnc(C(F)(F)F)c4)CC3)CC2)cc1. The van der Waals surface area contributed by atoms with Gasteiger partial charge in [-0.05, 0) is 56.9 Å². The number of nitrogens with one attached hydrogen (secondary N) is 1. The fourth-order valence-electron chi connectivity index (χ4n) is 4.53. The zero-order valence-electron chi connectivity index (χ0n) is 19.4. The van der Waals surface area contributed by atoms with E-state index in [1.54, 1.807) is 6.07 Å². The van der Waals surface area contributed by atoms with E-state index in [-0.39, 0.29) is 24.7 Å². The predicted octanol–water partition coefficient (Wildman–Crippen LogP) is 4.50. The van der Waals surface area contributed by atoms with Crippen LogP contribution in [0.4, 0.5) is 24.5 Å². The number of ether oxygens (including phenoxy) is 1. The van der Waals surface area contributed by atoms with Crippen molar-refractivity contribution in [1.29, 1.82) is 0 Å². The van der Waals surface area contributed by atoms with Crippen molar-refractivity contribution < 1.29 is 22.7 Å². The molecule has 6 nitrogen and oxygen atoms in total. The number of aryl methyl sites for hydroxylation is 1. The number of rotatable bonds is 6. The molecule has 1 N–H and O–H groups in total. The minimum atomic E-state index is -4.46. The van der Waals surface area contributed by atoms with Gasteiger partial charge in [-0.25, -0.2) is 0 Å². The fourth-order valence-corrected chi connectivity index (χ4v) is 4.53. The Morgan fingerprint density at radius 1 is 1.06 bits per heavy atom. The van der Waals surface area contributed by atoms with Gasteiger partial charge in [0.05, 0.1) is 6.10 Å². The molecule has 2 aliphatic rings. The molecule has 2 fully saturated rings. The number of halogens is 3. The molecule has 4 rings (SSSR count). The molecule has 0 bridgehead atoms. The summed E-state index contributed by atoms with van der Waals surface area (Å²) in [5.74, 6) is 0.0141. The van der Waals surface area contributed by atoms with Gasteiger partial charge in [0.25, 0.3) is 0 Å². The van der Waals surface area contributed by atoms with E-state index in [2.05, 4.69) is 46.4 Å². The molecule has 1 saturated heterocycles. The van der Waals surface area contributed by atoms with Crippen LogP contribution in [0.15, 0.2) is 42.6 Å². The average molecular weight is 477 g/mol. The Kier molecular flexibility index (Phi) is 7.60. The number of benzene rings is 1. The van der Waals surface area contributed by atoms with Gasteiger partial charge in [0.2, 0.25) is 5.91 Å². The fraction of sp³-hybridized carbons (Fsp3) is 0.520. The molecule has 1 aromatic carbocycles. The molecule has 0 atom stereocenters. The second-order valence-corrected chi connectivity index (χ2v) is 9.06. The lowest BCUT2D eigenvalue weighted by molar-refractivity contribution is -0.141. The van der Waals surface area contributed by atoms with Crippen molar-refractivity contribution in [2.75, 3.05) is 43.0 Å². The number of nitrogens with zero attached hydrogens (tertiary/aromatic N) is 3. The number of aromatic nitrogens is 1. The average Bonchev–Trinajstić information content (AvgIpc) is 2.84. The van der Waals surface area contributed by atoms with Crippen LogP contribution in [0.1, 0.15) is 36.9 Å². The quantitative estimate of drug-likeness (QED) is 0.666. The van der Waals surface area contributed by atoms with Crippen LogP contribution in [0.3, 0.4) is 0 Å². The molecular weight excluding hydrogens is 445 g/mol. The monoisotopic (exact) mass is 476 g/mol. The maximum Gasteiger partial charge on any atom is 0.433 e. The lowest BCUT2D eigenvalue weighted by Crippen LogP contribution is -2.50. The number of hydrogen-bond acceptors (Lipinski definition) is 5. The number of amides is 1. The predicted molar refractivity (Wildman–Crippen MR) is 125 cm³/mol. The number of carbonyl (C=O) groups excluding carboxylic acids is 1. The summed E-state index contributed by atoms with van der Waals surface area (Å²) in [6.45, 7) is 5.11. The first kappa shape index (κ1) is 24.3. The number of hydrogen-bond donors (Lipinski definition) is 1. The number of piperazine rings is 1. The first-order valence-electron chi connectivity index (χ1n) is 11.8. The molecule has 184 valence electrons. The lowest BCUT2D eigenvalue weighted by Gasteiger charge is -2.36. The van der Waals surface area contributed by atoms with E-state index in [1.165, 1.54) is 17.4 Å². The summed E-state index contributed by atoms with van der Waals surface area (Å²) in [6, 6.07) is 11.1. The van der Waals surface area contributed by atoms with Gasteiger partial charge in [-0.2, -0.15) is 13.2 Å². The van der Waals surface area contributed by atoms with Crippen LogP contribution in [0.2, 0.25) is 0 Å². The lowest BCUT2D eigenvalue weighted by atomic mass is 9.92. The van der Waals surface area contributed by atoms with Crippen LogP contribution in [-0.4, -0.2) is 60.7 Å². The van der Waals surface area contributed by atoms with Gasteiger partial charge in [-0.3, -0.25) is 9.78 Å². The van der Waals surface area contributed by atoms with Crippen LogP contribution in [0.5, 0.6) is 0 Å². The van der Waals surface area contributed by atoms with Gasteiger partial charge >= 0.3 is 6.18 Å². The summed E-state index contributed by atoms with van der Waals surface area (Å²) in [5, 5.41) is 3.18. The number of carbonyl (C=O) groups is 1. The van der Waals surface area contributed by atoms with Crippen LogP contribution in [0.25, 0.3) is 0 Å². The summed E-state index contributed by atoms with van der Waals surface area (Å²) < 4.78 is 44.5. The maximum atomic E-state index is 12.9. The minimum absolute atomic E-state index is 0.000904. The minimum Gasteiger partial charge on any atom is -0.382 e. The number of alkyl halides is 3. The summed E-state index contributed by atoms with van der Waals surface area (Å²) in [5.41, 5.74) is 1.94. The molecule has 2 heterocycles. The van der Waals surface area contributed by atoms with Crippen LogP contribution >= 0.6 is 0 Å². The van der Waals surface area contributed by atoms with Crippen molar-refractivity contribution in [3.8, 4) is 0 Å². The zero-order valence-corrected chi connectivity index (χ0v) is 19.4. The van der Waals surface area contributed by atoms with Crippen molar-refractivity contribution in [3.05, 3.63) is 53.9 Å². The van der Waals surface area contributed by atoms with E-state index >= 15 is 0 Å². The maximum absolute atomic E-state index is 12.9. The van der Waals surface area contributed by atoms with Crippen LogP contribution in [-0.2, 0) is 15.7 Å². The molecule has 0 unspecified atom stereocenters. The van der Waals surface area contributed by atoms with Crippen molar-refractivity contribution in [1.82, 2.24) is 9.88 Å². The Labute approximate surface area is 198 Å². The molecule has 0 radical (unpaired) electrons. The normalized spacial score (nSPS) is 21.4. The second-order valence-electron chi connectivity index (χ2n) is 9.06. The second kappa shape index (κ2) is 10.6. The molecule has 1 amide bonds. The Morgan fingerprint density at radius 3 is 2.38 bits per heavy atom. The Balaban J connectivity index is 1.16. The van der Waals surface area contributed by atoms with E-state index in [4.69, 9.17) is 4.74 Å². The van der Waals surface area contributed by atoms with E-state index < -0.39 is 11.9 Å². The van der Waals surface area contributed by atoms with Crippen molar-refractivity contribution in [2.24, 2.45) is 0 Å². The van der Waals surface area contributed by atoms with E-state index in [0.29, 0.717) is 18.8 Å². The molecule has 0 spiro atoms. The van der Waals surface area contributed by atoms with Gasteiger partial charge < -0.3 is 19.9 Å². The summed E-state index contributed by atoms with van der Waals surface area (Å²) >= 11 is 0. The zero-order chi connectivity index (χ0) is 24.1. The van der Waals surface area contributed by atoms with Gasteiger partial charge in [0, 0.05) is 49.8 Å². The molecule has 9 heteroatoms. The molecule has 1 saturated carbocycles. The number of pyridine rings is 1. The topological polar surface area (TPSA) is 57.7 Å². The molecule has 2 aromatic rings. The molecule has 1 aromatic heterocycles.